The Bertz CT molecular complexity index is 1120. The van der Waals surface area contributed by atoms with Crippen LogP contribution in [0.5, 0.6) is 5.75 Å². The fourth-order valence-electron chi connectivity index (χ4n) is 4.20. The summed E-state index contributed by atoms with van der Waals surface area (Å²) in [4.78, 5) is 34.1. The van der Waals surface area contributed by atoms with Crippen LogP contribution in [0, 0.1) is 5.92 Å². The zero-order valence-electron chi connectivity index (χ0n) is 16.6. The molecule has 3 aromatic carbocycles. The van der Waals surface area contributed by atoms with E-state index in [0.717, 1.165) is 11.3 Å². The molecule has 2 heterocycles. The number of hydrogen-bond acceptors (Lipinski definition) is 5. The van der Waals surface area contributed by atoms with E-state index in [1.807, 2.05) is 54.6 Å². The minimum Gasteiger partial charge on any atom is -0.497 e. The molecule has 0 spiro atoms. The van der Waals surface area contributed by atoms with Crippen LogP contribution < -0.4 is 14.7 Å². The standard InChI is InChI=1S/C24H19ClN2O4/c1-30-19-13-11-18(12-14-19)27-21(15-5-3-2-4-6-15)20-22(31-27)24(29)26(23(20)28)17-9-7-16(25)8-10-17/h2-14,20-22H,1H3/t20-,21+,22-/m0/s1. The molecule has 2 amide bonds. The van der Waals surface area contributed by atoms with Gasteiger partial charge >= 0.3 is 0 Å². The normalized spacial score (nSPS) is 22.7. The Kier molecular flexibility index (Phi) is 4.88. The van der Waals surface area contributed by atoms with Gasteiger partial charge in [0.1, 0.15) is 11.7 Å². The van der Waals surface area contributed by atoms with Crippen molar-refractivity contribution in [1.29, 1.82) is 0 Å². The third-order valence-electron chi connectivity index (χ3n) is 5.67. The molecule has 5 rings (SSSR count). The Morgan fingerprint density at radius 3 is 2.13 bits per heavy atom. The third kappa shape index (κ3) is 3.24. The summed E-state index contributed by atoms with van der Waals surface area (Å²) in [5.74, 6) is -0.635. The third-order valence-corrected chi connectivity index (χ3v) is 5.92. The Labute approximate surface area is 184 Å². The first kappa shape index (κ1) is 19.6. The fourth-order valence-corrected chi connectivity index (χ4v) is 4.33. The van der Waals surface area contributed by atoms with Gasteiger partial charge in [0.2, 0.25) is 5.91 Å². The molecule has 0 aliphatic carbocycles. The molecule has 0 unspecified atom stereocenters. The molecule has 2 saturated heterocycles. The summed E-state index contributed by atoms with van der Waals surface area (Å²) < 4.78 is 5.24. The lowest BCUT2D eigenvalue weighted by molar-refractivity contribution is -0.126. The van der Waals surface area contributed by atoms with E-state index in [4.69, 9.17) is 21.2 Å². The van der Waals surface area contributed by atoms with Gasteiger partial charge in [0.15, 0.2) is 6.10 Å². The molecule has 31 heavy (non-hydrogen) atoms. The smallest absolute Gasteiger partial charge is 0.266 e. The number of fused-ring (bicyclic) bond motifs is 1. The Hall–Kier alpha value is -3.35. The molecule has 3 aromatic rings. The first-order valence-electron chi connectivity index (χ1n) is 9.87. The monoisotopic (exact) mass is 434 g/mol. The second-order valence-electron chi connectivity index (χ2n) is 7.42. The van der Waals surface area contributed by atoms with Crippen LogP contribution in [0.15, 0.2) is 78.9 Å². The summed E-state index contributed by atoms with van der Waals surface area (Å²) in [5, 5.41) is 2.20. The Morgan fingerprint density at radius 2 is 1.48 bits per heavy atom. The molecule has 2 aliphatic heterocycles. The molecule has 0 bridgehead atoms. The minimum atomic E-state index is -0.907. The van der Waals surface area contributed by atoms with Crippen molar-refractivity contribution < 1.29 is 19.2 Å². The Morgan fingerprint density at radius 1 is 0.839 bits per heavy atom. The van der Waals surface area contributed by atoms with Crippen LogP contribution >= 0.6 is 11.6 Å². The van der Waals surface area contributed by atoms with Crippen molar-refractivity contribution in [3.8, 4) is 5.75 Å². The van der Waals surface area contributed by atoms with Crippen molar-refractivity contribution in [2.24, 2.45) is 5.92 Å². The molecule has 2 fully saturated rings. The lowest BCUT2D eigenvalue weighted by atomic mass is 9.90. The largest absolute Gasteiger partial charge is 0.497 e. The van der Waals surface area contributed by atoms with Crippen LogP contribution in [0.2, 0.25) is 5.02 Å². The van der Waals surface area contributed by atoms with E-state index in [2.05, 4.69) is 0 Å². The SMILES string of the molecule is COc1ccc(N2O[C@@H]3C(=O)N(c4ccc(Cl)cc4)C(=O)[C@H]3[C@H]2c2ccccc2)cc1. The zero-order valence-corrected chi connectivity index (χ0v) is 17.4. The first-order chi connectivity index (χ1) is 15.1. The number of hydroxylamine groups is 1. The minimum absolute atomic E-state index is 0.290. The second-order valence-corrected chi connectivity index (χ2v) is 7.86. The molecule has 6 nitrogen and oxygen atoms in total. The number of nitrogens with zero attached hydrogens (tertiary/aromatic N) is 2. The number of ether oxygens (including phenoxy) is 1. The number of imide groups is 1. The van der Waals surface area contributed by atoms with Gasteiger partial charge in [0, 0.05) is 5.02 Å². The average molecular weight is 435 g/mol. The summed E-state index contributed by atoms with van der Waals surface area (Å²) in [7, 11) is 1.60. The van der Waals surface area contributed by atoms with Gasteiger partial charge in [-0.05, 0) is 54.1 Å². The Balaban J connectivity index is 1.55. The van der Waals surface area contributed by atoms with Crippen molar-refractivity contribution in [2.45, 2.75) is 12.1 Å². The summed E-state index contributed by atoms with van der Waals surface area (Å²) >= 11 is 5.97. The van der Waals surface area contributed by atoms with Crippen LogP contribution in [0.1, 0.15) is 11.6 Å². The van der Waals surface area contributed by atoms with Crippen molar-refractivity contribution in [2.75, 3.05) is 17.1 Å². The van der Waals surface area contributed by atoms with Gasteiger partial charge in [-0.15, -0.1) is 0 Å². The van der Waals surface area contributed by atoms with Gasteiger partial charge in [-0.25, -0.2) is 9.96 Å². The maximum absolute atomic E-state index is 13.5. The summed E-state index contributed by atoms with van der Waals surface area (Å²) in [6.45, 7) is 0. The van der Waals surface area contributed by atoms with Crippen molar-refractivity contribution in [3.05, 3.63) is 89.4 Å². The predicted octanol–water partition coefficient (Wildman–Crippen LogP) is 4.40. The number of halogens is 1. The van der Waals surface area contributed by atoms with Crippen molar-refractivity contribution in [1.82, 2.24) is 0 Å². The van der Waals surface area contributed by atoms with E-state index in [1.54, 1.807) is 36.4 Å². The van der Waals surface area contributed by atoms with Crippen LogP contribution in [0.4, 0.5) is 11.4 Å². The molecule has 7 heteroatoms. The van der Waals surface area contributed by atoms with Gasteiger partial charge in [0.25, 0.3) is 5.91 Å². The molecule has 156 valence electrons. The lowest BCUT2D eigenvalue weighted by Gasteiger charge is -2.28. The molecular weight excluding hydrogens is 416 g/mol. The lowest BCUT2D eigenvalue weighted by Crippen LogP contribution is -2.37. The zero-order chi connectivity index (χ0) is 21.5. The van der Waals surface area contributed by atoms with E-state index >= 15 is 0 Å². The summed E-state index contributed by atoms with van der Waals surface area (Å²) in [5.41, 5.74) is 2.12. The topological polar surface area (TPSA) is 59.1 Å². The molecule has 3 atom stereocenters. The van der Waals surface area contributed by atoms with Gasteiger partial charge in [-0.2, -0.15) is 0 Å². The van der Waals surface area contributed by atoms with E-state index in [-0.39, 0.29) is 11.8 Å². The fraction of sp³-hybridized carbons (Fsp3) is 0.167. The quantitative estimate of drug-likeness (QED) is 0.570. The number of methoxy groups -OCH3 is 1. The molecule has 0 N–H and O–H groups in total. The molecule has 2 aliphatic rings. The highest BCUT2D eigenvalue weighted by molar-refractivity contribution is 6.31. The molecule has 0 aromatic heterocycles. The van der Waals surface area contributed by atoms with Gasteiger partial charge in [-0.3, -0.25) is 14.4 Å². The highest BCUT2D eigenvalue weighted by Crippen LogP contribution is 2.47. The van der Waals surface area contributed by atoms with E-state index in [1.165, 1.54) is 4.90 Å². The van der Waals surface area contributed by atoms with E-state index < -0.39 is 18.1 Å². The highest BCUT2D eigenvalue weighted by atomic mass is 35.5. The molecule has 0 saturated carbocycles. The van der Waals surface area contributed by atoms with E-state index in [0.29, 0.717) is 16.5 Å². The number of anilines is 2. The van der Waals surface area contributed by atoms with Crippen LogP contribution in [-0.4, -0.2) is 25.0 Å². The number of benzene rings is 3. The first-order valence-corrected chi connectivity index (χ1v) is 10.2. The van der Waals surface area contributed by atoms with Crippen LogP contribution in [0.25, 0.3) is 0 Å². The highest BCUT2D eigenvalue weighted by Gasteiger charge is 2.60. The number of amides is 2. The predicted molar refractivity (Wildman–Crippen MR) is 117 cm³/mol. The number of rotatable bonds is 4. The number of hydrogen-bond donors (Lipinski definition) is 0. The summed E-state index contributed by atoms with van der Waals surface area (Å²) in [6.07, 6.45) is -0.907. The van der Waals surface area contributed by atoms with E-state index in [9.17, 15) is 9.59 Å². The van der Waals surface area contributed by atoms with Crippen LogP contribution in [-0.2, 0) is 14.4 Å². The maximum atomic E-state index is 13.5. The number of carbonyl (C=O) groups is 2. The maximum Gasteiger partial charge on any atom is 0.266 e. The molecular formula is C24H19ClN2O4. The van der Waals surface area contributed by atoms with Gasteiger partial charge in [-0.1, -0.05) is 41.9 Å². The van der Waals surface area contributed by atoms with Gasteiger partial charge in [0.05, 0.1) is 24.5 Å². The van der Waals surface area contributed by atoms with Crippen molar-refractivity contribution in [3.63, 3.8) is 0 Å². The van der Waals surface area contributed by atoms with Crippen molar-refractivity contribution >= 4 is 34.8 Å². The molecule has 0 radical (unpaired) electrons. The second kappa shape index (κ2) is 7.72. The summed E-state index contributed by atoms with van der Waals surface area (Å²) in [6, 6.07) is 23.1. The average Bonchev–Trinajstić information content (AvgIpc) is 3.31. The van der Waals surface area contributed by atoms with Crippen LogP contribution in [0.3, 0.4) is 0 Å². The van der Waals surface area contributed by atoms with Gasteiger partial charge < -0.3 is 4.74 Å². The number of carbonyl (C=O) groups excluding carboxylic acids is 2.